The van der Waals surface area contributed by atoms with E-state index in [0.717, 1.165) is 66.9 Å². The first kappa shape index (κ1) is 26.2. The Balaban J connectivity index is 1.25. The van der Waals surface area contributed by atoms with Crippen LogP contribution in [0.3, 0.4) is 0 Å². The second-order valence-corrected chi connectivity index (χ2v) is 11.1. The number of aliphatic hydroxyl groups is 1. The van der Waals surface area contributed by atoms with Crippen LogP contribution in [0.2, 0.25) is 0 Å². The van der Waals surface area contributed by atoms with Gasteiger partial charge in [-0.1, -0.05) is 57.2 Å². The monoisotopic (exact) mass is 514 g/mol. The van der Waals surface area contributed by atoms with Gasteiger partial charge in [-0.15, -0.1) is 0 Å². The number of rotatable bonds is 7. The van der Waals surface area contributed by atoms with Crippen LogP contribution in [-0.2, 0) is 4.79 Å². The maximum atomic E-state index is 13.0. The molecule has 0 spiro atoms. The van der Waals surface area contributed by atoms with E-state index in [1.54, 1.807) is 0 Å². The van der Waals surface area contributed by atoms with E-state index in [1.807, 2.05) is 42.3 Å². The van der Waals surface area contributed by atoms with Gasteiger partial charge in [0, 0.05) is 18.0 Å². The molecule has 2 aliphatic rings. The summed E-state index contributed by atoms with van der Waals surface area (Å²) < 4.78 is 0. The zero-order valence-electron chi connectivity index (χ0n) is 22.5. The van der Waals surface area contributed by atoms with E-state index in [9.17, 15) is 14.7 Å². The van der Waals surface area contributed by atoms with Gasteiger partial charge in [0.15, 0.2) is 0 Å². The lowest BCUT2D eigenvalue weighted by Gasteiger charge is -2.27. The van der Waals surface area contributed by atoms with E-state index >= 15 is 0 Å². The van der Waals surface area contributed by atoms with Crippen LogP contribution in [-0.4, -0.2) is 50.5 Å². The first-order valence-corrected chi connectivity index (χ1v) is 13.9. The Morgan fingerprint density at radius 1 is 0.947 bits per heavy atom. The molecule has 1 aliphatic heterocycles. The third-order valence-corrected chi connectivity index (χ3v) is 8.31. The van der Waals surface area contributed by atoms with Crippen LogP contribution in [0.15, 0.2) is 54.7 Å². The summed E-state index contributed by atoms with van der Waals surface area (Å²) in [7, 11) is 0. The van der Waals surface area contributed by atoms with Gasteiger partial charge in [-0.3, -0.25) is 9.59 Å². The second kappa shape index (κ2) is 11.1. The van der Waals surface area contributed by atoms with Gasteiger partial charge in [0.1, 0.15) is 5.82 Å². The Hall–Kier alpha value is -3.45. The average molecular weight is 515 g/mol. The molecule has 4 atom stereocenters. The van der Waals surface area contributed by atoms with Crippen LogP contribution in [0, 0.1) is 11.8 Å². The number of benzene rings is 2. The Labute approximate surface area is 224 Å². The van der Waals surface area contributed by atoms with Crippen molar-refractivity contribution in [3.63, 3.8) is 0 Å². The number of imidazole rings is 1. The van der Waals surface area contributed by atoms with Crippen molar-refractivity contribution >= 4 is 11.8 Å². The van der Waals surface area contributed by atoms with Gasteiger partial charge < -0.3 is 20.3 Å². The first-order valence-electron chi connectivity index (χ1n) is 13.9. The Morgan fingerprint density at radius 3 is 2.24 bits per heavy atom. The maximum Gasteiger partial charge on any atom is 0.251 e. The quantitative estimate of drug-likeness (QED) is 0.396. The highest BCUT2D eigenvalue weighted by Gasteiger charge is 2.35. The number of nitrogens with zero attached hydrogens (tertiary/aromatic N) is 2. The molecule has 2 fully saturated rings. The molecular formula is C31H38N4O3. The van der Waals surface area contributed by atoms with Crippen LogP contribution >= 0.6 is 0 Å². The fourth-order valence-corrected chi connectivity index (χ4v) is 5.53. The van der Waals surface area contributed by atoms with E-state index in [1.165, 1.54) is 0 Å². The topological polar surface area (TPSA) is 98.3 Å². The van der Waals surface area contributed by atoms with Crippen molar-refractivity contribution in [3.8, 4) is 22.4 Å². The van der Waals surface area contributed by atoms with Gasteiger partial charge in [-0.25, -0.2) is 4.98 Å². The Morgan fingerprint density at radius 2 is 1.61 bits per heavy atom. The summed E-state index contributed by atoms with van der Waals surface area (Å²) >= 11 is 0. The molecule has 3 N–H and O–H groups in total. The molecule has 0 radical (unpaired) electrons. The molecule has 1 saturated carbocycles. The number of nitrogens with one attached hydrogen (secondary N) is 2. The third kappa shape index (κ3) is 5.39. The number of carbonyl (C=O) groups is 2. The van der Waals surface area contributed by atoms with E-state index in [2.05, 4.69) is 53.4 Å². The Kier molecular flexibility index (Phi) is 7.65. The highest BCUT2D eigenvalue weighted by Crippen LogP contribution is 2.34. The number of amides is 2. The SMILES string of the molecule is CC(C)[C@H](C)C(=O)N1CCC[C@H]1c1ncc(-c2ccc(-c3ccc(C(=O)N[C@@H]4CCC[C@H]4O)cc3)cc2)[nH]1. The molecule has 7 heteroatoms. The van der Waals surface area contributed by atoms with Gasteiger partial charge in [-0.2, -0.15) is 0 Å². The Bertz CT molecular complexity index is 1270. The lowest BCUT2D eigenvalue weighted by Crippen LogP contribution is -2.39. The van der Waals surface area contributed by atoms with E-state index in [0.29, 0.717) is 11.5 Å². The summed E-state index contributed by atoms with van der Waals surface area (Å²) in [6.45, 7) is 6.99. The highest BCUT2D eigenvalue weighted by atomic mass is 16.3. The lowest BCUT2D eigenvalue weighted by atomic mass is 9.96. The van der Waals surface area contributed by atoms with Crippen LogP contribution < -0.4 is 5.32 Å². The van der Waals surface area contributed by atoms with Crippen molar-refractivity contribution in [3.05, 3.63) is 66.1 Å². The summed E-state index contributed by atoms with van der Waals surface area (Å²) in [5, 5.41) is 12.9. The third-order valence-electron chi connectivity index (χ3n) is 8.31. The highest BCUT2D eigenvalue weighted by molar-refractivity contribution is 5.95. The molecule has 3 aromatic rings. The predicted octanol–water partition coefficient (Wildman–Crippen LogP) is 5.34. The molecule has 0 unspecified atom stereocenters. The molecule has 1 saturated heterocycles. The number of hydrogen-bond acceptors (Lipinski definition) is 4. The molecule has 7 nitrogen and oxygen atoms in total. The van der Waals surface area contributed by atoms with Gasteiger partial charge in [0.05, 0.1) is 30.1 Å². The summed E-state index contributed by atoms with van der Waals surface area (Å²) in [6, 6.07) is 15.7. The number of hydrogen-bond donors (Lipinski definition) is 3. The number of carbonyl (C=O) groups excluding carboxylic acids is 2. The van der Waals surface area contributed by atoms with Gasteiger partial charge in [0.25, 0.3) is 5.91 Å². The summed E-state index contributed by atoms with van der Waals surface area (Å²) in [4.78, 5) is 35.7. The van der Waals surface area contributed by atoms with E-state index in [4.69, 9.17) is 0 Å². The molecular weight excluding hydrogens is 476 g/mol. The van der Waals surface area contributed by atoms with Crippen LogP contribution in [0.25, 0.3) is 22.4 Å². The maximum absolute atomic E-state index is 13.0. The molecule has 0 bridgehead atoms. The number of aliphatic hydroxyl groups excluding tert-OH is 1. The minimum atomic E-state index is -0.448. The molecule has 2 amide bonds. The molecule has 5 rings (SSSR count). The summed E-state index contributed by atoms with van der Waals surface area (Å²) in [5.41, 5.74) is 4.64. The van der Waals surface area contributed by atoms with Crippen molar-refractivity contribution in [2.45, 2.75) is 71.1 Å². The molecule has 2 aromatic carbocycles. The van der Waals surface area contributed by atoms with Crippen molar-refractivity contribution in [2.75, 3.05) is 6.54 Å². The number of H-pyrrole nitrogens is 1. The minimum Gasteiger partial charge on any atom is -0.391 e. The zero-order valence-corrected chi connectivity index (χ0v) is 22.5. The lowest BCUT2D eigenvalue weighted by molar-refractivity contribution is -0.137. The van der Waals surface area contributed by atoms with Crippen LogP contribution in [0.5, 0.6) is 0 Å². The molecule has 200 valence electrons. The smallest absolute Gasteiger partial charge is 0.251 e. The van der Waals surface area contributed by atoms with Crippen LogP contribution in [0.4, 0.5) is 0 Å². The first-order chi connectivity index (χ1) is 18.3. The zero-order chi connectivity index (χ0) is 26.8. The predicted molar refractivity (Wildman–Crippen MR) is 148 cm³/mol. The summed E-state index contributed by atoms with van der Waals surface area (Å²) in [5.74, 6) is 1.23. The standard InChI is InChI=1S/C31H38N4O3/c1-19(2)20(3)31(38)35-17-5-7-27(35)29-32-18-26(33-29)23-13-9-21(10-14-23)22-11-15-24(16-12-22)30(37)34-25-6-4-8-28(25)36/h9-16,18-20,25,27-28,36H,4-8,17H2,1-3H3,(H,32,33)(H,34,37)/t20-,25+,27-,28+/m0/s1. The van der Waals surface area contributed by atoms with Gasteiger partial charge in [0.2, 0.25) is 5.91 Å². The van der Waals surface area contributed by atoms with Crippen molar-refractivity contribution < 1.29 is 14.7 Å². The van der Waals surface area contributed by atoms with Crippen molar-refractivity contribution in [2.24, 2.45) is 11.8 Å². The van der Waals surface area contributed by atoms with Crippen LogP contribution in [0.1, 0.15) is 75.1 Å². The van der Waals surface area contributed by atoms with Crippen molar-refractivity contribution in [1.29, 1.82) is 0 Å². The minimum absolute atomic E-state index is 0.00113. The average Bonchev–Trinajstić information content (AvgIpc) is 3.69. The molecule has 1 aromatic heterocycles. The molecule has 38 heavy (non-hydrogen) atoms. The van der Waals surface area contributed by atoms with E-state index < -0.39 is 6.10 Å². The van der Waals surface area contributed by atoms with E-state index in [-0.39, 0.29) is 29.8 Å². The number of aromatic nitrogens is 2. The second-order valence-electron chi connectivity index (χ2n) is 11.1. The largest absolute Gasteiger partial charge is 0.391 e. The number of likely N-dealkylation sites (tertiary alicyclic amines) is 1. The number of aromatic amines is 1. The van der Waals surface area contributed by atoms with Gasteiger partial charge in [-0.05, 0) is 66.8 Å². The molecule has 1 aliphatic carbocycles. The fraction of sp³-hybridized carbons (Fsp3) is 0.452. The van der Waals surface area contributed by atoms with Gasteiger partial charge >= 0.3 is 0 Å². The normalized spacial score (nSPS) is 22.1. The summed E-state index contributed by atoms with van der Waals surface area (Å²) in [6.07, 6.45) is 5.84. The molecule has 2 heterocycles. The fourth-order valence-electron chi connectivity index (χ4n) is 5.53. The van der Waals surface area contributed by atoms with Crippen molar-refractivity contribution in [1.82, 2.24) is 20.2 Å².